The summed E-state index contributed by atoms with van der Waals surface area (Å²) in [6.07, 6.45) is 1.61. The number of thiocarbonyl (C=S) groups is 1. The topological polar surface area (TPSA) is 40.5 Å². The molecular formula is C12H10ClNO2S2. The normalized spacial score (nSPS) is 17.9. The van der Waals surface area contributed by atoms with Gasteiger partial charge in [0.05, 0.1) is 4.91 Å². The molecule has 1 amide bonds. The summed E-state index contributed by atoms with van der Waals surface area (Å²) in [7, 11) is 0. The van der Waals surface area contributed by atoms with E-state index in [-0.39, 0.29) is 11.7 Å². The monoisotopic (exact) mass is 299 g/mol. The van der Waals surface area contributed by atoms with Crippen LogP contribution in [0.3, 0.4) is 0 Å². The molecule has 1 heterocycles. The van der Waals surface area contributed by atoms with Crippen molar-refractivity contribution in [2.45, 2.75) is 6.92 Å². The van der Waals surface area contributed by atoms with E-state index < -0.39 is 0 Å². The highest BCUT2D eigenvalue weighted by Crippen LogP contribution is 2.34. The molecule has 1 aliphatic heterocycles. The fourth-order valence-corrected chi connectivity index (χ4v) is 3.11. The van der Waals surface area contributed by atoms with E-state index in [9.17, 15) is 9.90 Å². The van der Waals surface area contributed by atoms with Crippen molar-refractivity contribution in [3.63, 3.8) is 0 Å². The third kappa shape index (κ3) is 2.53. The highest BCUT2D eigenvalue weighted by molar-refractivity contribution is 8.26. The van der Waals surface area contributed by atoms with Crippen LogP contribution in [0.5, 0.6) is 5.75 Å². The van der Waals surface area contributed by atoms with Gasteiger partial charge in [-0.25, -0.2) is 0 Å². The second-order valence-electron chi connectivity index (χ2n) is 3.63. The molecule has 0 radical (unpaired) electrons. The fourth-order valence-electron chi connectivity index (χ4n) is 1.55. The van der Waals surface area contributed by atoms with Gasteiger partial charge >= 0.3 is 0 Å². The maximum Gasteiger partial charge on any atom is 0.266 e. The Morgan fingerprint density at radius 3 is 2.89 bits per heavy atom. The second kappa shape index (κ2) is 5.30. The molecule has 18 heavy (non-hydrogen) atoms. The molecule has 2 rings (SSSR count). The maximum absolute atomic E-state index is 12.0. The smallest absolute Gasteiger partial charge is 0.266 e. The van der Waals surface area contributed by atoms with Crippen LogP contribution in [0.2, 0.25) is 5.02 Å². The van der Waals surface area contributed by atoms with Crippen molar-refractivity contribution in [3.05, 3.63) is 33.7 Å². The summed E-state index contributed by atoms with van der Waals surface area (Å²) in [5.74, 6) is -0.0481. The quantitative estimate of drug-likeness (QED) is 0.672. The largest absolute Gasteiger partial charge is 0.507 e. The molecular weight excluding hydrogens is 290 g/mol. The second-order valence-corrected chi connectivity index (χ2v) is 5.74. The molecule has 6 heteroatoms. The molecule has 0 saturated carbocycles. The van der Waals surface area contributed by atoms with Crippen molar-refractivity contribution >= 4 is 51.9 Å². The number of hydrogen-bond donors (Lipinski definition) is 1. The van der Waals surface area contributed by atoms with Gasteiger partial charge in [-0.1, -0.05) is 35.6 Å². The molecule has 1 aromatic rings. The van der Waals surface area contributed by atoms with Crippen molar-refractivity contribution in [2.24, 2.45) is 0 Å². The number of phenolic OH excluding ortho intramolecular Hbond substituents is 1. The molecule has 1 fully saturated rings. The summed E-state index contributed by atoms with van der Waals surface area (Å²) >= 11 is 12.2. The summed E-state index contributed by atoms with van der Waals surface area (Å²) in [5, 5.41) is 10.2. The predicted molar refractivity (Wildman–Crippen MR) is 78.7 cm³/mol. The molecule has 1 N–H and O–H groups in total. The van der Waals surface area contributed by atoms with E-state index in [1.165, 1.54) is 22.7 Å². The number of rotatable bonds is 2. The van der Waals surface area contributed by atoms with E-state index in [0.29, 0.717) is 26.4 Å². The number of nitrogens with zero attached hydrogens (tertiary/aromatic N) is 1. The SMILES string of the molecule is CCN1C(=O)C(=Cc2cc(Cl)ccc2O)SC1=S. The number of phenols is 1. The third-order valence-electron chi connectivity index (χ3n) is 2.47. The van der Waals surface area contributed by atoms with Crippen LogP contribution in [0.25, 0.3) is 6.08 Å². The van der Waals surface area contributed by atoms with Crippen LogP contribution in [-0.4, -0.2) is 26.8 Å². The highest BCUT2D eigenvalue weighted by Gasteiger charge is 2.30. The number of carbonyl (C=O) groups excluding carboxylic acids is 1. The number of thioether (sulfide) groups is 1. The lowest BCUT2D eigenvalue weighted by Crippen LogP contribution is -2.27. The predicted octanol–water partition coefficient (Wildman–Crippen LogP) is 3.27. The van der Waals surface area contributed by atoms with Crippen LogP contribution in [0, 0.1) is 0 Å². The molecule has 1 aromatic carbocycles. The highest BCUT2D eigenvalue weighted by atomic mass is 35.5. The molecule has 0 aromatic heterocycles. The summed E-state index contributed by atoms with van der Waals surface area (Å²) in [6, 6.07) is 4.69. The zero-order chi connectivity index (χ0) is 13.3. The van der Waals surface area contributed by atoms with E-state index in [0.717, 1.165) is 0 Å². The van der Waals surface area contributed by atoms with Crippen molar-refractivity contribution < 1.29 is 9.90 Å². The van der Waals surface area contributed by atoms with Crippen molar-refractivity contribution in [3.8, 4) is 5.75 Å². The number of amides is 1. The Kier molecular flexibility index (Phi) is 3.94. The molecule has 0 aliphatic carbocycles. The number of benzene rings is 1. The number of carbonyl (C=O) groups is 1. The zero-order valence-electron chi connectivity index (χ0n) is 9.51. The van der Waals surface area contributed by atoms with Gasteiger partial charge in [0, 0.05) is 17.1 Å². The van der Waals surface area contributed by atoms with Gasteiger partial charge in [0.25, 0.3) is 5.91 Å². The van der Waals surface area contributed by atoms with Gasteiger partial charge < -0.3 is 5.11 Å². The van der Waals surface area contributed by atoms with Gasteiger partial charge in [0.2, 0.25) is 0 Å². The average molecular weight is 300 g/mol. The Balaban J connectivity index is 2.38. The minimum atomic E-state index is -0.133. The zero-order valence-corrected chi connectivity index (χ0v) is 11.9. The lowest BCUT2D eigenvalue weighted by molar-refractivity contribution is -0.121. The molecule has 0 atom stereocenters. The lowest BCUT2D eigenvalue weighted by atomic mass is 10.2. The third-order valence-corrected chi connectivity index (χ3v) is 4.08. The summed E-state index contributed by atoms with van der Waals surface area (Å²) in [4.78, 5) is 14.0. The van der Waals surface area contributed by atoms with Gasteiger partial charge in [-0.3, -0.25) is 9.69 Å². The van der Waals surface area contributed by atoms with Crippen molar-refractivity contribution in [2.75, 3.05) is 6.54 Å². The number of aromatic hydroxyl groups is 1. The summed E-state index contributed by atoms with van der Waals surface area (Å²) in [6.45, 7) is 2.41. The number of halogens is 1. The molecule has 3 nitrogen and oxygen atoms in total. The van der Waals surface area contributed by atoms with Crippen LogP contribution < -0.4 is 0 Å². The van der Waals surface area contributed by atoms with Crippen molar-refractivity contribution in [1.82, 2.24) is 4.90 Å². The molecule has 0 spiro atoms. The lowest BCUT2D eigenvalue weighted by Gasteiger charge is -2.09. The van der Waals surface area contributed by atoms with Gasteiger partial charge in [-0.15, -0.1) is 0 Å². The Bertz CT molecular complexity index is 557. The Hall–Kier alpha value is -1.04. The molecule has 1 aliphatic rings. The summed E-state index contributed by atoms with van der Waals surface area (Å²) < 4.78 is 0.537. The van der Waals surface area contributed by atoms with Gasteiger partial charge in [-0.05, 0) is 31.2 Å². The Morgan fingerprint density at radius 2 is 2.28 bits per heavy atom. The van der Waals surface area contributed by atoms with Crippen LogP contribution >= 0.6 is 35.6 Å². The molecule has 0 bridgehead atoms. The first-order chi connectivity index (χ1) is 8.52. The van der Waals surface area contributed by atoms with Gasteiger partial charge in [0.15, 0.2) is 0 Å². The molecule has 0 unspecified atom stereocenters. The van der Waals surface area contributed by atoms with Gasteiger partial charge in [0.1, 0.15) is 10.1 Å². The first kappa shape index (κ1) is 13.4. The van der Waals surface area contributed by atoms with Crippen LogP contribution in [-0.2, 0) is 4.79 Å². The van der Waals surface area contributed by atoms with Crippen LogP contribution in [0.4, 0.5) is 0 Å². The molecule has 1 saturated heterocycles. The van der Waals surface area contributed by atoms with E-state index in [4.69, 9.17) is 23.8 Å². The van der Waals surface area contributed by atoms with Gasteiger partial charge in [-0.2, -0.15) is 0 Å². The average Bonchev–Trinajstić information content (AvgIpc) is 2.59. The minimum absolute atomic E-state index is 0.0844. The van der Waals surface area contributed by atoms with Crippen molar-refractivity contribution in [1.29, 1.82) is 0 Å². The maximum atomic E-state index is 12.0. The Labute approximate surface area is 119 Å². The van der Waals surface area contributed by atoms with E-state index in [2.05, 4.69) is 0 Å². The first-order valence-electron chi connectivity index (χ1n) is 5.27. The molecule has 94 valence electrons. The fraction of sp³-hybridized carbons (Fsp3) is 0.167. The van der Waals surface area contributed by atoms with Crippen LogP contribution in [0.15, 0.2) is 23.1 Å². The number of likely N-dealkylation sites (N-methyl/N-ethyl adjacent to an activating group) is 1. The van der Waals surface area contributed by atoms with Crippen LogP contribution in [0.1, 0.15) is 12.5 Å². The van der Waals surface area contributed by atoms with E-state index in [1.807, 2.05) is 6.92 Å². The van der Waals surface area contributed by atoms with E-state index in [1.54, 1.807) is 18.2 Å². The minimum Gasteiger partial charge on any atom is -0.507 e. The first-order valence-corrected chi connectivity index (χ1v) is 6.87. The standard InChI is InChI=1S/C12H10ClNO2S2/c1-2-14-11(16)10(18-12(14)17)6-7-5-8(13)3-4-9(7)15/h3-6,15H,2H2,1H3. The Morgan fingerprint density at radius 1 is 1.56 bits per heavy atom. The number of hydrogen-bond acceptors (Lipinski definition) is 4. The van der Waals surface area contributed by atoms with E-state index >= 15 is 0 Å². The summed E-state index contributed by atoms with van der Waals surface area (Å²) in [5.41, 5.74) is 0.513.